The number of aromatic nitrogens is 2. The minimum absolute atomic E-state index is 0.122. The number of carbonyl (C=O) groups is 5. The van der Waals surface area contributed by atoms with Crippen LogP contribution in [0.3, 0.4) is 0 Å². The van der Waals surface area contributed by atoms with Gasteiger partial charge in [-0.05, 0) is 120 Å². The van der Waals surface area contributed by atoms with Crippen LogP contribution in [0, 0.1) is 36.0 Å². The molecule has 0 radical (unpaired) electrons. The van der Waals surface area contributed by atoms with E-state index in [1.54, 1.807) is 89.8 Å². The Morgan fingerprint density at radius 1 is 0.919 bits per heavy atom. The van der Waals surface area contributed by atoms with Crippen molar-refractivity contribution in [2.75, 3.05) is 16.9 Å². The number of amides is 4. The Morgan fingerprint density at radius 2 is 1.65 bits per heavy atom. The van der Waals surface area contributed by atoms with Crippen LogP contribution >= 0.6 is 38.9 Å². The Labute approximate surface area is 373 Å². The summed E-state index contributed by atoms with van der Waals surface area (Å²) in [5, 5.41) is 17.3. The normalized spacial score (nSPS) is 24.4. The number of allylic oxidation sites excluding steroid dienone is 2. The molecule has 4 aromatic carbocycles. The van der Waals surface area contributed by atoms with Gasteiger partial charge in [-0.3, -0.25) is 33.6 Å². The molecule has 2 aliphatic carbocycles. The van der Waals surface area contributed by atoms with Crippen LogP contribution in [0.4, 0.5) is 11.5 Å². The lowest BCUT2D eigenvalue weighted by Crippen LogP contribution is -2.49. The van der Waals surface area contributed by atoms with Crippen molar-refractivity contribution in [3.05, 3.63) is 134 Å². The number of aryl methyl sites for hydroxylation is 2. The number of ether oxygens (including phenoxy) is 1. The second kappa shape index (κ2) is 14.6. The van der Waals surface area contributed by atoms with Gasteiger partial charge in [0.25, 0.3) is 0 Å². The third-order valence-corrected chi connectivity index (χ3v) is 15.7. The van der Waals surface area contributed by atoms with E-state index in [1.165, 1.54) is 16.9 Å². The van der Waals surface area contributed by atoms with Crippen LogP contribution < -0.4 is 14.5 Å². The van der Waals surface area contributed by atoms with Crippen LogP contribution in [-0.4, -0.2) is 51.4 Å². The van der Waals surface area contributed by atoms with E-state index in [-0.39, 0.29) is 36.0 Å². The maximum Gasteiger partial charge on any atom is 0.242 e. The van der Waals surface area contributed by atoms with E-state index in [2.05, 4.69) is 15.9 Å². The van der Waals surface area contributed by atoms with E-state index < -0.39 is 52.7 Å². The highest BCUT2D eigenvalue weighted by Gasteiger charge is 2.68. The summed E-state index contributed by atoms with van der Waals surface area (Å²) in [6.45, 7) is 3.80. The molecule has 10 rings (SSSR count). The number of halogens is 2. The zero-order valence-corrected chi connectivity index (χ0v) is 37.0. The lowest BCUT2D eigenvalue weighted by Gasteiger charge is -2.49. The molecule has 2 aliphatic heterocycles. The van der Waals surface area contributed by atoms with Gasteiger partial charge in [-0.1, -0.05) is 53.6 Å². The Kier molecular flexibility index (Phi) is 9.47. The molecule has 11 nitrogen and oxygen atoms in total. The number of benzene rings is 4. The SMILES string of the molecule is COc1cc([C@H]2C3=CC[C@@H]4C(=O)N(c5ccc(C(=O)c6ccccc6)cc5)C(=O)[C@@H]4[C@@H]3C[C@H]3C(=O)N(c4cc(-c5sc6ccc(Cl)cc6c5C)nn4C)C(=O)[C@@]23C)cc(Br)c1O. The van der Waals surface area contributed by atoms with Crippen molar-refractivity contribution in [2.45, 2.75) is 32.6 Å². The summed E-state index contributed by atoms with van der Waals surface area (Å²) in [4.78, 5) is 75.9. The smallest absolute Gasteiger partial charge is 0.242 e. The third-order valence-electron chi connectivity index (χ3n) is 13.5. The highest BCUT2D eigenvalue weighted by Crippen LogP contribution is 2.64. The molecule has 4 aliphatic rings. The van der Waals surface area contributed by atoms with Crippen molar-refractivity contribution >= 4 is 89.9 Å². The molecule has 0 unspecified atom stereocenters. The molecule has 6 aromatic rings. The van der Waals surface area contributed by atoms with Gasteiger partial charge in [0.05, 0.1) is 45.3 Å². The van der Waals surface area contributed by atoms with Crippen molar-refractivity contribution in [3.63, 3.8) is 0 Å². The summed E-state index contributed by atoms with van der Waals surface area (Å²) in [7, 11) is 3.14. The average Bonchev–Trinajstić information content (AvgIpc) is 3.94. The minimum atomic E-state index is -1.35. The lowest BCUT2D eigenvalue weighted by atomic mass is 9.51. The van der Waals surface area contributed by atoms with Crippen LogP contribution in [0.1, 0.15) is 52.7 Å². The number of phenols is 1. The molecule has 4 heterocycles. The number of carbonyl (C=O) groups excluding carboxylic acids is 5. The Hall–Kier alpha value is -5.89. The van der Waals surface area contributed by atoms with Gasteiger partial charge >= 0.3 is 0 Å². The molecule has 0 bridgehead atoms. The largest absolute Gasteiger partial charge is 0.503 e. The molecular weight excluding hydrogens is 892 g/mol. The van der Waals surface area contributed by atoms with Gasteiger partial charge in [0.15, 0.2) is 17.3 Å². The van der Waals surface area contributed by atoms with E-state index in [0.717, 1.165) is 26.1 Å². The fourth-order valence-corrected chi connectivity index (χ4v) is 12.3. The van der Waals surface area contributed by atoms with Crippen molar-refractivity contribution in [3.8, 4) is 22.1 Å². The van der Waals surface area contributed by atoms with Crippen LogP contribution in [0.15, 0.2) is 107 Å². The van der Waals surface area contributed by atoms with Gasteiger partial charge in [0.1, 0.15) is 11.5 Å². The number of ketones is 1. The molecule has 3 fully saturated rings. The summed E-state index contributed by atoms with van der Waals surface area (Å²) in [5.41, 5.74) is 2.92. The van der Waals surface area contributed by atoms with E-state index in [1.807, 2.05) is 44.2 Å². The first kappa shape index (κ1) is 40.2. The molecule has 14 heteroatoms. The predicted octanol–water partition coefficient (Wildman–Crippen LogP) is 9.41. The number of aromatic hydroxyl groups is 1. The number of imide groups is 2. The molecule has 1 saturated carbocycles. The summed E-state index contributed by atoms with van der Waals surface area (Å²) in [6.07, 6.45) is 2.36. The van der Waals surface area contributed by atoms with Crippen molar-refractivity contribution in [1.29, 1.82) is 0 Å². The summed E-state index contributed by atoms with van der Waals surface area (Å²) in [6, 6.07) is 26.2. The highest BCUT2D eigenvalue weighted by atomic mass is 79.9. The number of anilines is 2. The number of hydrogen-bond acceptors (Lipinski definition) is 9. The maximum atomic E-state index is 15.3. The van der Waals surface area contributed by atoms with Gasteiger partial charge in [0, 0.05) is 39.9 Å². The first-order chi connectivity index (χ1) is 29.7. The Bertz CT molecular complexity index is 2980. The lowest BCUT2D eigenvalue weighted by molar-refractivity contribution is -0.131. The number of hydrogen-bond donors (Lipinski definition) is 1. The summed E-state index contributed by atoms with van der Waals surface area (Å²) >= 11 is 11.4. The van der Waals surface area contributed by atoms with Crippen LogP contribution in [0.2, 0.25) is 5.02 Å². The van der Waals surface area contributed by atoms with Crippen LogP contribution in [0.5, 0.6) is 11.5 Å². The standard InChI is InChI=1S/C48H38BrClN4O7S/c1-23-31-20-27(50)12-17-37(31)62-43(23)35-22-38(52(3)51-35)54-45(58)33-21-32-29(40(48(33,2)47(54)60)26-18-34(49)42(56)36(19-26)61-4)15-16-30-39(32)46(59)53(44(30)57)28-13-10-25(11-14-28)41(55)24-8-6-5-7-9-24/h5-15,17-20,22,30,32-33,39-40,56H,16,21H2,1-4H3/t30-,32+,33-,39-,40-,48+/m0/s1. The molecule has 62 heavy (non-hydrogen) atoms. The second-order valence-corrected chi connectivity index (χ2v) is 19.0. The number of nitrogens with zero attached hydrogens (tertiary/aromatic N) is 4. The Morgan fingerprint density at radius 3 is 2.37 bits per heavy atom. The number of fused-ring (bicyclic) bond motifs is 5. The predicted molar refractivity (Wildman–Crippen MR) is 240 cm³/mol. The van der Waals surface area contributed by atoms with Gasteiger partial charge in [0.2, 0.25) is 23.6 Å². The van der Waals surface area contributed by atoms with Crippen LogP contribution in [-0.2, 0) is 26.2 Å². The number of thiophene rings is 1. The zero-order valence-electron chi connectivity index (χ0n) is 33.9. The second-order valence-electron chi connectivity index (χ2n) is 16.7. The molecule has 2 aromatic heterocycles. The van der Waals surface area contributed by atoms with E-state index in [9.17, 15) is 19.5 Å². The quantitative estimate of drug-likeness (QED) is 0.0950. The fourth-order valence-electron chi connectivity index (χ4n) is 10.5. The molecule has 6 atom stereocenters. The van der Waals surface area contributed by atoms with Gasteiger partial charge in [-0.2, -0.15) is 5.10 Å². The van der Waals surface area contributed by atoms with E-state index >= 15 is 9.59 Å². The first-order valence-electron chi connectivity index (χ1n) is 20.2. The molecule has 0 spiro atoms. The van der Waals surface area contributed by atoms with Crippen molar-refractivity contribution < 1.29 is 33.8 Å². The molecule has 312 valence electrons. The highest BCUT2D eigenvalue weighted by molar-refractivity contribution is 9.10. The average molecular weight is 930 g/mol. The summed E-state index contributed by atoms with van der Waals surface area (Å²) < 4.78 is 8.50. The van der Waals surface area contributed by atoms with Crippen LogP contribution in [0.25, 0.3) is 20.7 Å². The monoisotopic (exact) mass is 928 g/mol. The number of phenolic OH excluding ortho intramolecular Hbond substituents is 1. The summed E-state index contributed by atoms with van der Waals surface area (Å²) in [5.74, 6) is -5.15. The third kappa shape index (κ3) is 5.81. The molecular formula is C48H38BrClN4O7S. The topological polar surface area (TPSA) is 139 Å². The molecule has 2 saturated heterocycles. The number of rotatable bonds is 7. The van der Waals surface area contributed by atoms with Gasteiger partial charge in [-0.25, -0.2) is 4.90 Å². The number of methoxy groups -OCH3 is 1. The molecule has 1 N–H and O–H groups in total. The van der Waals surface area contributed by atoms with Gasteiger partial charge < -0.3 is 9.84 Å². The van der Waals surface area contributed by atoms with E-state index in [4.69, 9.17) is 21.4 Å². The van der Waals surface area contributed by atoms with Crippen molar-refractivity contribution in [1.82, 2.24) is 9.78 Å². The van der Waals surface area contributed by atoms with Crippen molar-refractivity contribution in [2.24, 2.45) is 36.1 Å². The Balaban J connectivity index is 1.05. The minimum Gasteiger partial charge on any atom is -0.503 e. The fraction of sp³-hybridized carbons (Fsp3) is 0.250. The zero-order chi connectivity index (χ0) is 43.5. The first-order valence-corrected chi connectivity index (χ1v) is 22.2. The maximum absolute atomic E-state index is 15.3. The molecule has 4 amide bonds. The van der Waals surface area contributed by atoms with Gasteiger partial charge in [-0.15, -0.1) is 11.3 Å². The van der Waals surface area contributed by atoms with E-state index in [0.29, 0.717) is 43.4 Å².